The van der Waals surface area contributed by atoms with Crippen LogP contribution in [0.3, 0.4) is 0 Å². The molecule has 0 unspecified atom stereocenters. The van der Waals surface area contributed by atoms with Gasteiger partial charge in [-0.1, -0.05) is 42.5 Å². The Kier molecular flexibility index (Phi) is 3.61. The fourth-order valence-corrected chi connectivity index (χ4v) is 3.05. The van der Waals surface area contributed by atoms with Crippen LogP contribution in [-0.2, 0) is 5.75 Å². The average molecular weight is 283 g/mol. The van der Waals surface area contributed by atoms with Crippen LogP contribution >= 0.6 is 11.8 Å². The molecule has 2 N–H and O–H groups in total. The lowest BCUT2D eigenvalue weighted by Crippen LogP contribution is -1.94. The molecule has 0 fully saturated rings. The Balaban J connectivity index is 1.81. The van der Waals surface area contributed by atoms with Gasteiger partial charge in [0.05, 0.1) is 5.69 Å². The van der Waals surface area contributed by atoms with Crippen molar-refractivity contribution >= 4 is 28.2 Å². The molecule has 0 aliphatic rings. The van der Waals surface area contributed by atoms with E-state index >= 15 is 0 Å². The molecule has 0 heterocycles. The van der Waals surface area contributed by atoms with E-state index in [-0.39, 0.29) is 11.5 Å². The molecule has 1 nitrogen and oxygen atoms in total. The molecule has 0 aliphatic heterocycles. The van der Waals surface area contributed by atoms with Crippen molar-refractivity contribution in [2.75, 3.05) is 5.73 Å². The fraction of sp³-hybridized carbons (Fsp3) is 0.0588. The second-order valence-corrected chi connectivity index (χ2v) is 5.67. The highest BCUT2D eigenvalue weighted by Crippen LogP contribution is 2.28. The van der Waals surface area contributed by atoms with E-state index in [1.807, 2.05) is 12.1 Å². The first kappa shape index (κ1) is 13.0. The lowest BCUT2D eigenvalue weighted by Gasteiger charge is -2.06. The number of hydrogen-bond acceptors (Lipinski definition) is 2. The van der Waals surface area contributed by atoms with Crippen LogP contribution in [0.15, 0.2) is 65.6 Å². The van der Waals surface area contributed by atoms with E-state index in [9.17, 15) is 4.39 Å². The highest BCUT2D eigenvalue weighted by molar-refractivity contribution is 7.98. The standard InChI is InChI=1S/C17H14FNS/c18-17-14(6-3-7-16(17)19)11-20-15-9-8-12-4-1-2-5-13(12)10-15/h1-10H,11,19H2. The molecular weight excluding hydrogens is 269 g/mol. The molecule has 0 bridgehead atoms. The number of fused-ring (bicyclic) bond motifs is 1. The molecule has 20 heavy (non-hydrogen) atoms. The Bertz CT molecular complexity index is 755. The van der Waals surface area contributed by atoms with Gasteiger partial charge in [-0.2, -0.15) is 0 Å². The van der Waals surface area contributed by atoms with Gasteiger partial charge in [-0.3, -0.25) is 0 Å². The highest BCUT2D eigenvalue weighted by Gasteiger charge is 2.06. The second-order valence-electron chi connectivity index (χ2n) is 4.62. The summed E-state index contributed by atoms with van der Waals surface area (Å²) < 4.78 is 13.8. The zero-order valence-corrected chi connectivity index (χ0v) is 11.7. The van der Waals surface area contributed by atoms with Crippen LogP contribution < -0.4 is 5.73 Å². The maximum atomic E-state index is 13.8. The third kappa shape index (κ3) is 2.63. The van der Waals surface area contributed by atoms with Crippen molar-refractivity contribution in [3.63, 3.8) is 0 Å². The van der Waals surface area contributed by atoms with Crippen molar-refractivity contribution < 1.29 is 4.39 Å². The third-order valence-electron chi connectivity index (χ3n) is 3.22. The summed E-state index contributed by atoms with van der Waals surface area (Å²) in [5.74, 6) is 0.274. The number of rotatable bonds is 3. The third-order valence-corrected chi connectivity index (χ3v) is 4.27. The lowest BCUT2D eigenvalue weighted by molar-refractivity contribution is 0.622. The number of benzene rings is 3. The predicted molar refractivity (Wildman–Crippen MR) is 84.3 cm³/mol. The molecular formula is C17H14FNS. The van der Waals surface area contributed by atoms with Crippen LogP contribution in [0.2, 0.25) is 0 Å². The molecule has 3 aromatic rings. The van der Waals surface area contributed by atoms with E-state index in [0.29, 0.717) is 11.3 Å². The number of anilines is 1. The van der Waals surface area contributed by atoms with Crippen molar-refractivity contribution in [2.45, 2.75) is 10.6 Å². The van der Waals surface area contributed by atoms with Gasteiger partial charge in [-0.05, 0) is 29.0 Å². The molecule has 0 aliphatic carbocycles. The van der Waals surface area contributed by atoms with Crippen molar-refractivity contribution in [3.8, 4) is 0 Å². The number of nitrogens with two attached hydrogens (primary N) is 1. The van der Waals surface area contributed by atoms with Crippen molar-refractivity contribution in [1.29, 1.82) is 0 Å². The van der Waals surface area contributed by atoms with Gasteiger partial charge in [0.15, 0.2) is 0 Å². The maximum absolute atomic E-state index is 13.8. The Morgan fingerprint density at radius 3 is 2.55 bits per heavy atom. The quantitative estimate of drug-likeness (QED) is 0.549. The van der Waals surface area contributed by atoms with E-state index in [2.05, 4.69) is 30.3 Å². The van der Waals surface area contributed by atoms with Crippen molar-refractivity contribution in [3.05, 3.63) is 72.0 Å². The van der Waals surface area contributed by atoms with E-state index in [1.165, 1.54) is 10.8 Å². The summed E-state index contributed by atoms with van der Waals surface area (Å²) in [5.41, 5.74) is 6.43. The fourth-order valence-electron chi connectivity index (χ4n) is 2.13. The lowest BCUT2D eigenvalue weighted by atomic mass is 10.1. The van der Waals surface area contributed by atoms with Gasteiger partial charge >= 0.3 is 0 Å². The molecule has 0 atom stereocenters. The zero-order valence-electron chi connectivity index (χ0n) is 10.8. The summed E-state index contributed by atoms with van der Waals surface area (Å²) in [6.07, 6.45) is 0. The van der Waals surface area contributed by atoms with Gasteiger partial charge in [0.1, 0.15) is 5.82 Å². The van der Waals surface area contributed by atoms with E-state index in [4.69, 9.17) is 5.73 Å². The number of thioether (sulfide) groups is 1. The largest absolute Gasteiger partial charge is 0.396 e. The molecule has 0 radical (unpaired) electrons. The van der Waals surface area contributed by atoms with Crippen molar-refractivity contribution in [1.82, 2.24) is 0 Å². The van der Waals surface area contributed by atoms with Gasteiger partial charge in [0, 0.05) is 16.2 Å². The maximum Gasteiger partial charge on any atom is 0.150 e. The molecule has 3 heteroatoms. The van der Waals surface area contributed by atoms with Gasteiger partial charge in [0.25, 0.3) is 0 Å². The summed E-state index contributed by atoms with van der Waals surface area (Å²) in [6.45, 7) is 0. The SMILES string of the molecule is Nc1cccc(CSc2ccc3ccccc3c2)c1F. The van der Waals surface area contributed by atoms with E-state index in [0.717, 1.165) is 4.90 Å². The second kappa shape index (κ2) is 5.55. The Labute approximate surface area is 121 Å². The first-order chi connectivity index (χ1) is 9.74. The molecule has 0 spiro atoms. The minimum absolute atomic E-state index is 0.210. The smallest absolute Gasteiger partial charge is 0.150 e. The van der Waals surface area contributed by atoms with Gasteiger partial charge < -0.3 is 5.73 Å². The van der Waals surface area contributed by atoms with Gasteiger partial charge in [0.2, 0.25) is 0 Å². The predicted octanol–water partition coefficient (Wildman–Crippen LogP) is 4.85. The summed E-state index contributed by atoms with van der Waals surface area (Å²) in [7, 11) is 0. The summed E-state index contributed by atoms with van der Waals surface area (Å²) in [4.78, 5) is 1.13. The molecule has 0 saturated heterocycles. The Morgan fingerprint density at radius 2 is 1.70 bits per heavy atom. The van der Waals surface area contributed by atoms with Crippen LogP contribution in [0, 0.1) is 5.82 Å². The van der Waals surface area contributed by atoms with E-state index < -0.39 is 0 Å². The topological polar surface area (TPSA) is 26.0 Å². The molecule has 100 valence electrons. The summed E-state index contributed by atoms with van der Waals surface area (Å²) in [5, 5.41) is 2.41. The van der Waals surface area contributed by atoms with Crippen molar-refractivity contribution in [2.24, 2.45) is 0 Å². The number of nitrogen functional groups attached to an aromatic ring is 1. The average Bonchev–Trinajstić information content (AvgIpc) is 2.48. The highest BCUT2D eigenvalue weighted by atomic mass is 32.2. The molecule has 3 rings (SSSR count). The first-order valence-corrected chi connectivity index (χ1v) is 7.37. The minimum atomic E-state index is -0.305. The zero-order chi connectivity index (χ0) is 13.9. The van der Waals surface area contributed by atoms with Crippen LogP contribution in [0.4, 0.5) is 10.1 Å². The first-order valence-electron chi connectivity index (χ1n) is 6.38. The minimum Gasteiger partial charge on any atom is -0.396 e. The van der Waals surface area contributed by atoms with Crippen LogP contribution in [0.1, 0.15) is 5.56 Å². The monoisotopic (exact) mass is 283 g/mol. The van der Waals surface area contributed by atoms with E-state index in [1.54, 1.807) is 30.0 Å². The Morgan fingerprint density at radius 1 is 0.900 bits per heavy atom. The van der Waals surface area contributed by atoms with Crippen LogP contribution in [0.25, 0.3) is 10.8 Å². The summed E-state index contributed by atoms with van der Waals surface area (Å²) in [6, 6.07) is 19.6. The molecule has 0 amide bonds. The van der Waals surface area contributed by atoms with Crippen LogP contribution in [0.5, 0.6) is 0 Å². The number of halogens is 1. The molecule has 3 aromatic carbocycles. The van der Waals surface area contributed by atoms with Gasteiger partial charge in [-0.15, -0.1) is 11.8 Å². The Hall–Kier alpha value is -2.00. The molecule has 0 saturated carbocycles. The normalized spacial score (nSPS) is 10.8. The summed E-state index contributed by atoms with van der Waals surface area (Å²) >= 11 is 1.62. The van der Waals surface area contributed by atoms with Gasteiger partial charge in [-0.25, -0.2) is 4.39 Å². The molecule has 0 aromatic heterocycles. The van der Waals surface area contributed by atoms with Crippen LogP contribution in [-0.4, -0.2) is 0 Å². The number of hydrogen-bond donors (Lipinski definition) is 1.